The lowest BCUT2D eigenvalue weighted by atomic mass is 9.83. The highest BCUT2D eigenvalue weighted by Gasteiger charge is 2.30. The van der Waals surface area contributed by atoms with Gasteiger partial charge in [-0.05, 0) is 18.4 Å². The van der Waals surface area contributed by atoms with Crippen LogP contribution in [0.2, 0.25) is 0 Å². The Morgan fingerprint density at radius 2 is 1.93 bits per heavy atom. The molecule has 0 bridgehead atoms. The molecule has 1 aromatic carbocycles. The molecule has 0 aliphatic heterocycles. The van der Waals surface area contributed by atoms with Gasteiger partial charge in [0.2, 0.25) is 0 Å². The fraction of sp³-hybridized carbons (Fsp3) is 0.417. The predicted molar refractivity (Wildman–Crippen MR) is 57.7 cm³/mol. The maximum Gasteiger partial charge on any atom is 0.151 e. The van der Waals surface area contributed by atoms with Gasteiger partial charge < -0.3 is 0 Å². The third kappa shape index (κ3) is 1.83. The largest absolute Gasteiger partial charge is 0.298 e. The third-order valence-corrected chi connectivity index (χ3v) is 3.37. The first kappa shape index (κ1) is 9.72. The van der Waals surface area contributed by atoms with Gasteiger partial charge in [-0.15, -0.1) is 11.6 Å². The SMILES string of the molecule is O=C1CCCC(c2ccccc2)C1Cl. The van der Waals surface area contributed by atoms with Crippen LogP contribution in [-0.4, -0.2) is 11.2 Å². The Labute approximate surface area is 89.1 Å². The first-order valence-electron chi connectivity index (χ1n) is 5.01. The number of hydrogen-bond acceptors (Lipinski definition) is 1. The molecule has 0 aromatic heterocycles. The van der Waals surface area contributed by atoms with Crippen LogP contribution in [0.5, 0.6) is 0 Å². The first-order valence-corrected chi connectivity index (χ1v) is 5.44. The van der Waals surface area contributed by atoms with Gasteiger partial charge in [0, 0.05) is 12.3 Å². The summed E-state index contributed by atoms with van der Waals surface area (Å²) in [5, 5.41) is -0.314. The fourth-order valence-electron chi connectivity index (χ4n) is 2.04. The lowest BCUT2D eigenvalue weighted by Crippen LogP contribution is -2.27. The minimum atomic E-state index is -0.314. The molecule has 1 fully saturated rings. The average Bonchev–Trinajstić information content (AvgIpc) is 2.23. The maximum absolute atomic E-state index is 11.4. The van der Waals surface area contributed by atoms with Crippen molar-refractivity contribution in [2.24, 2.45) is 0 Å². The van der Waals surface area contributed by atoms with Gasteiger partial charge in [-0.25, -0.2) is 0 Å². The van der Waals surface area contributed by atoms with Crippen molar-refractivity contribution in [1.82, 2.24) is 0 Å². The van der Waals surface area contributed by atoms with E-state index in [4.69, 9.17) is 11.6 Å². The van der Waals surface area contributed by atoms with E-state index in [0.29, 0.717) is 6.42 Å². The number of rotatable bonds is 1. The lowest BCUT2D eigenvalue weighted by Gasteiger charge is -2.26. The summed E-state index contributed by atoms with van der Waals surface area (Å²) in [4.78, 5) is 11.4. The van der Waals surface area contributed by atoms with Crippen molar-refractivity contribution in [3.8, 4) is 0 Å². The molecule has 0 amide bonds. The van der Waals surface area contributed by atoms with Gasteiger partial charge in [-0.3, -0.25) is 4.79 Å². The van der Waals surface area contributed by atoms with E-state index >= 15 is 0 Å². The summed E-state index contributed by atoms with van der Waals surface area (Å²) in [5.41, 5.74) is 1.19. The standard InChI is InChI=1S/C12H13ClO/c13-12-10(7-4-8-11(12)14)9-5-2-1-3-6-9/h1-3,5-6,10,12H,4,7-8H2. The Kier molecular flexibility index (Phi) is 2.87. The number of carbonyl (C=O) groups excluding carboxylic acids is 1. The second-order valence-electron chi connectivity index (χ2n) is 3.78. The molecule has 0 radical (unpaired) electrons. The van der Waals surface area contributed by atoms with Crippen LogP contribution in [0.1, 0.15) is 30.7 Å². The van der Waals surface area contributed by atoms with Crippen LogP contribution in [0.4, 0.5) is 0 Å². The minimum Gasteiger partial charge on any atom is -0.298 e. The van der Waals surface area contributed by atoms with E-state index in [1.54, 1.807) is 0 Å². The molecule has 2 unspecified atom stereocenters. The molecule has 1 aliphatic rings. The van der Waals surface area contributed by atoms with Crippen molar-refractivity contribution in [3.05, 3.63) is 35.9 Å². The topological polar surface area (TPSA) is 17.1 Å². The summed E-state index contributed by atoms with van der Waals surface area (Å²) in [5.74, 6) is 0.422. The van der Waals surface area contributed by atoms with Gasteiger partial charge >= 0.3 is 0 Å². The van der Waals surface area contributed by atoms with Gasteiger partial charge in [0.05, 0.1) is 5.38 Å². The zero-order valence-electron chi connectivity index (χ0n) is 7.95. The molecule has 0 heterocycles. The van der Waals surface area contributed by atoms with Gasteiger partial charge in [0.15, 0.2) is 5.78 Å². The smallest absolute Gasteiger partial charge is 0.151 e. The van der Waals surface area contributed by atoms with E-state index in [2.05, 4.69) is 12.1 Å². The van der Waals surface area contributed by atoms with Crippen LogP contribution < -0.4 is 0 Å². The summed E-state index contributed by atoms with van der Waals surface area (Å²) < 4.78 is 0. The van der Waals surface area contributed by atoms with E-state index in [1.807, 2.05) is 18.2 Å². The molecule has 1 nitrogen and oxygen atoms in total. The molecule has 1 aromatic rings. The van der Waals surface area contributed by atoms with Crippen LogP contribution >= 0.6 is 11.6 Å². The maximum atomic E-state index is 11.4. The number of carbonyl (C=O) groups is 1. The van der Waals surface area contributed by atoms with E-state index in [-0.39, 0.29) is 17.1 Å². The molecule has 0 N–H and O–H groups in total. The van der Waals surface area contributed by atoms with Gasteiger partial charge in [0.25, 0.3) is 0 Å². The number of hydrogen-bond donors (Lipinski definition) is 0. The van der Waals surface area contributed by atoms with Crippen molar-refractivity contribution in [2.45, 2.75) is 30.6 Å². The summed E-state index contributed by atoms with van der Waals surface area (Å²) in [6.07, 6.45) is 2.66. The highest BCUT2D eigenvalue weighted by Crippen LogP contribution is 2.34. The van der Waals surface area contributed by atoms with Crippen LogP contribution in [0.3, 0.4) is 0 Å². The van der Waals surface area contributed by atoms with Crippen molar-refractivity contribution in [2.75, 3.05) is 0 Å². The Balaban J connectivity index is 2.22. The fourth-order valence-corrected chi connectivity index (χ4v) is 2.42. The van der Waals surface area contributed by atoms with E-state index in [0.717, 1.165) is 12.8 Å². The molecular formula is C12H13ClO. The minimum absolute atomic E-state index is 0.201. The zero-order valence-corrected chi connectivity index (χ0v) is 8.70. The number of halogens is 1. The van der Waals surface area contributed by atoms with Crippen molar-refractivity contribution in [1.29, 1.82) is 0 Å². The Morgan fingerprint density at radius 3 is 2.64 bits per heavy atom. The normalized spacial score (nSPS) is 27.6. The van der Waals surface area contributed by atoms with Crippen LogP contribution in [0.25, 0.3) is 0 Å². The molecule has 0 saturated heterocycles. The van der Waals surface area contributed by atoms with Gasteiger partial charge in [0.1, 0.15) is 0 Å². The second-order valence-corrected chi connectivity index (χ2v) is 4.25. The number of benzene rings is 1. The molecule has 14 heavy (non-hydrogen) atoms. The molecule has 2 rings (SSSR count). The lowest BCUT2D eigenvalue weighted by molar-refractivity contribution is -0.120. The molecule has 1 saturated carbocycles. The zero-order chi connectivity index (χ0) is 9.97. The molecule has 74 valence electrons. The average molecular weight is 209 g/mol. The second kappa shape index (κ2) is 4.14. The number of alkyl halides is 1. The third-order valence-electron chi connectivity index (χ3n) is 2.83. The molecule has 0 spiro atoms. The number of ketones is 1. The summed E-state index contributed by atoms with van der Waals surface area (Å²) in [7, 11) is 0. The first-order chi connectivity index (χ1) is 6.79. The van der Waals surface area contributed by atoms with E-state index in [1.165, 1.54) is 5.56 Å². The van der Waals surface area contributed by atoms with Crippen molar-refractivity contribution >= 4 is 17.4 Å². The van der Waals surface area contributed by atoms with Crippen LogP contribution in [0.15, 0.2) is 30.3 Å². The summed E-state index contributed by atoms with van der Waals surface area (Å²) >= 11 is 6.12. The van der Waals surface area contributed by atoms with Gasteiger partial charge in [-0.1, -0.05) is 30.3 Å². The number of Topliss-reactive ketones (excluding diaryl/α,β-unsaturated/α-hetero) is 1. The van der Waals surface area contributed by atoms with Crippen molar-refractivity contribution in [3.63, 3.8) is 0 Å². The van der Waals surface area contributed by atoms with Crippen molar-refractivity contribution < 1.29 is 4.79 Å². The predicted octanol–water partition coefficient (Wildman–Crippen LogP) is 3.13. The van der Waals surface area contributed by atoms with Crippen LogP contribution in [0, 0.1) is 0 Å². The molecule has 1 aliphatic carbocycles. The summed E-state index contributed by atoms with van der Waals surface area (Å²) in [6, 6.07) is 10.1. The van der Waals surface area contributed by atoms with E-state index in [9.17, 15) is 4.79 Å². The molecular weight excluding hydrogens is 196 g/mol. The van der Waals surface area contributed by atoms with Crippen LogP contribution in [-0.2, 0) is 4.79 Å². The quantitative estimate of drug-likeness (QED) is 0.648. The summed E-state index contributed by atoms with van der Waals surface area (Å²) in [6.45, 7) is 0. The Bertz CT molecular complexity index is 320. The monoisotopic (exact) mass is 208 g/mol. The Hall–Kier alpha value is -0.820. The highest BCUT2D eigenvalue weighted by molar-refractivity contribution is 6.31. The Morgan fingerprint density at radius 1 is 1.21 bits per heavy atom. The van der Waals surface area contributed by atoms with Gasteiger partial charge in [-0.2, -0.15) is 0 Å². The molecule has 2 heteroatoms. The highest BCUT2D eigenvalue weighted by atomic mass is 35.5. The van der Waals surface area contributed by atoms with E-state index < -0.39 is 0 Å². The molecule has 2 atom stereocenters.